The Labute approximate surface area is 163 Å². The van der Waals surface area contributed by atoms with Crippen LogP contribution in [-0.4, -0.2) is 58.3 Å². The lowest BCUT2D eigenvalue weighted by Crippen LogP contribution is -2.42. The normalized spacial score (nSPS) is 15.9. The van der Waals surface area contributed by atoms with E-state index in [1.807, 2.05) is 24.9 Å². The van der Waals surface area contributed by atoms with Gasteiger partial charge < -0.3 is 10.2 Å². The highest BCUT2D eigenvalue weighted by atomic mass is 35.5. The van der Waals surface area contributed by atoms with E-state index in [-0.39, 0.29) is 6.03 Å². The van der Waals surface area contributed by atoms with Gasteiger partial charge in [0.15, 0.2) is 0 Å². The summed E-state index contributed by atoms with van der Waals surface area (Å²) in [4.78, 5) is 18.0. The van der Waals surface area contributed by atoms with Crippen molar-refractivity contribution in [3.63, 3.8) is 0 Å². The Bertz CT molecular complexity index is 730. The number of aryl methyl sites for hydroxylation is 2. The first-order valence-electron chi connectivity index (χ1n) is 9.00. The quantitative estimate of drug-likeness (QED) is 0.846. The molecule has 0 saturated carbocycles. The van der Waals surface area contributed by atoms with Gasteiger partial charge in [0.1, 0.15) is 5.15 Å². The zero-order valence-electron chi connectivity index (χ0n) is 15.4. The van der Waals surface area contributed by atoms with Crippen molar-refractivity contribution in [3.8, 4) is 0 Å². The van der Waals surface area contributed by atoms with Crippen LogP contribution in [0.25, 0.3) is 0 Å². The zero-order chi connectivity index (χ0) is 18.5. The standard InChI is InChI=1S/C18H26ClN5OS/c1-14-16(17(19)22(2)21-14)13-23-8-4-9-24(11-10-23)18(25)20-7-6-15-5-3-12-26-15/h3,5,12H,4,6-11,13H2,1-2H3,(H,20,25). The van der Waals surface area contributed by atoms with Crippen LogP contribution in [-0.2, 0) is 20.0 Å². The minimum absolute atomic E-state index is 0.0407. The summed E-state index contributed by atoms with van der Waals surface area (Å²) < 4.78 is 1.72. The van der Waals surface area contributed by atoms with Gasteiger partial charge in [-0.2, -0.15) is 5.10 Å². The van der Waals surface area contributed by atoms with Crippen molar-refractivity contribution >= 4 is 29.0 Å². The first-order chi connectivity index (χ1) is 12.5. The lowest BCUT2D eigenvalue weighted by molar-refractivity contribution is 0.198. The molecule has 1 N–H and O–H groups in total. The van der Waals surface area contributed by atoms with Gasteiger partial charge in [0, 0.05) is 56.8 Å². The molecule has 0 bridgehead atoms. The molecule has 3 rings (SSSR count). The molecule has 0 aromatic carbocycles. The van der Waals surface area contributed by atoms with E-state index in [1.54, 1.807) is 16.0 Å². The van der Waals surface area contributed by atoms with Gasteiger partial charge in [0.2, 0.25) is 0 Å². The summed E-state index contributed by atoms with van der Waals surface area (Å²) in [5.74, 6) is 0. The van der Waals surface area contributed by atoms with Gasteiger partial charge in [0.05, 0.1) is 5.69 Å². The van der Waals surface area contributed by atoms with E-state index in [4.69, 9.17) is 11.6 Å². The molecular weight excluding hydrogens is 370 g/mol. The minimum Gasteiger partial charge on any atom is -0.338 e. The average molecular weight is 396 g/mol. The third-order valence-electron chi connectivity index (χ3n) is 4.76. The summed E-state index contributed by atoms with van der Waals surface area (Å²) in [6.07, 6.45) is 1.86. The fourth-order valence-electron chi connectivity index (χ4n) is 3.27. The predicted molar refractivity (Wildman–Crippen MR) is 106 cm³/mol. The van der Waals surface area contributed by atoms with Crippen molar-refractivity contribution in [3.05, 3.63) is 38.8 Å². The summed E-state index contributed by atoms with van der Waals surface area (Å²) in [6.45, 7) is 6.80. The van der Waals surface area contributed by atoms with Crippen LogP contribution in [0.15, 0.2) is 17.5 Å². The van der Waals surface area contributed by atoms with Crippen molar-refractivity contribution < 1.29 is 4.79 Å². The van der Waals surface area contributed by atoms with E-state index >= 15 is 0 Å². The Morgan fingerprint density at radius 1 is 1.35 bits per heavy atom. The van der Waals surface area contributed by atoms with E-state index in [0.29, 0.717) is 11.7 Å². The Balaban J connectivity index is 1.47. The molecule has 1 fully saturated rings. The number of thiophene rings is 1. The third-order valence-corrected chi connectivity index (χ3v) is 6.16. The van der Waals surface area contributed by atoms with Gasteiger partial charge in [-0.25, -0.2) is 4.79 Å². The Morgan fingerprint density at radius 3 is 2.88 bits per heavy atom. The maximum absolute atomic E-state index is 12.4. The molecular formula is C18H26ClN5OS. The number of carbonyl (C=O) groups excluding carboxylic acids is 1. The maximum atomic E-state index is 12.4. The van der Waals surface area contributed by atoms with Gasteiger partial charge in [0.25, 0.3) is 0 Å². The van der Waals surface area contributed by atoms with Crippen LogP contribution >= 0.6 is 22.9 Å². The Morgan fingerprint density at radius 2 is 2.19 bits per heavy atom. The molecule has 3 heterocycles. The number of halogens is 1. The third kappa shape index (κ3) is 4.78. The highest BCUT2D eigenvalue weighted by Crippen LogP contribution is 2.21. The molecule has 2 amide bonds. The van der Waals surface area contributed by atoms with E-state index < -0.39 is 0 Å². The molecule has 1 saturated heterocycles. The van der Waals surface area contributed by atoms with Crippen LogP contribution in [0.2, 0.25) is 5.15 Å². The largest absolute Gasteiger partial charge is 0.338 e. The van der Waals surface area contributed by atoms with E-state index in [9.17, 15) is 4.79 Å². The van der Waals surface area contributed by atoms with Gasteiger partial charge in [-0.1, -0.05) is 17.7 Å². The second-order valence-corrected chi connectivity index (χ2v) is 8.05. The van der Waals surface area contributed by atoms with Crippen molar-refractivity contribution in [2.45, 2.75) is 26.3 Å². The molecule has 2 aromatic heterocycles. The SMILES string of the molecule is Cc1nn(C)c(Cl)c1CN1CCCN(C(=O)NCCc2cccs2)CC1. The molecule has 142 valence electrons. The highest BCUT2D eigenvalue weighted by Gasteiger charge is 2.21. The molecule has 26 heavy (non-hydrogen) atoms. The van der Waals surface area contributed by atoms with Crippen LogP contribution in [0.1, 0.15) is 22.6 Å². The topological polar surface area (TPSA) is 53.4 Å². The lowest BCUT2D eigenvalue weighted by atomic mass is 10.2. The number of rotatable bonds is 5. The molecule has 1 aliphatic heterocycles. The molecule has 2 aromatic rings. The summed E-state index contributed by atoms with van der Waals surface area (Å²) in [5, 5.41) is 10.2. The molecule has 6 nitrogen and oxygen atoms in total. The number of hydrogen-bond acceptors (Lipinski definition) is 4. The summed E-state index contributed by atoms with van der Waals surface area (Å²) in [7, 11) is 1.86. The van der Waals surface area contributed by atoms with Crippen molar-refractivity contribution in [2.24, 2.45) is 7.05 Å². The number of carbonyl (C=O) groups is 1. The van der Waals surface area contributed by atoms with Crippen molar-refractivity contribution in [1.29, 1.82) is 0 Å². The van der Waals surface area contributed by atoms with Crippen LogP contribution in [0.3, 0.4) is 0 Å². The maximum Gasteiger partial charge on any atom is 0.317 e. The molecule has 0 radical (unpaired) electrons. The molecule has 8 heteroatoms. The monoisotopic (exact) mass is 395 g/mol. The number of nitrogens with one attached hydrogen (secondary N) is 1. The fourth-order valence-corrected chi connectivity index (χ4v) is 4.21. The van der Waals surface area contributed by atoms with Crippen LogP contribution in [0.5, 0.6) is 0 Å². The van der Waals surface area contributed by atoms with Crippen LogP contribution < -0.4 is 5.32 Å². The summed E-state index contributed by atoms with van der Waals surface area (Å²) in [6, 6.07) is 4.19. The highest BCUT2D eigenvalue weighted by molar-refractivity contribution is 7.09. The number of nitrogens with zero attached hydrogens (tertiary/aromatic N) is 4. The second-order valence-electron chi connectivity index (χ2n) is 6.66. The smallest absolute Gasteiger partial charge is 0.317 e. The first kappa shape index (κ1) is 19.2. The van der Waals surface area contributed by atoms with Crippen molar-refractivity contribution in [2.75, 3.05) is 32.7 Å². The predicted octanol–water partition coefficient (Wildman–Crippen LogP) is 2.90. The second kappa shape index (κ2) is 8.88. The molecule has 0 unspecified atom stereocenters. The van der Waals surface area contributed by atoms with Crippen molar-refractivity contribution in [1.82, 2.24) is 24.9 Å². The molecule has 0 spiro atoms. The van der Waals surface area contributed by atoms with Crippen LogP contribution in [0.4, 0.5) is 4.79 Å². The summed E-state index contributed by atoms with van der Waals surface area (Å²) >= 11 is 8.08. The molecule has 0 atom stereocenters. The fraction of sp³-hybridized carbons (Fsp3) is 0.556. The molecule has 0 aliphatic carbocycles. The van der Waals surface area contributed by atoms with E-state index in [1.165, 1.54) is 4.88 Å². The molecule has 1 aliphatic rings. The van der Waals surface area contributed by atoms with Gasteiger partial charge in [-0.3, -0.25) is 9.58 Å². The summed E-state index contributed by atoms with van der Waals surface area (Å²) in [5.41, 5.74) is 2.06. The number of urea groups is 1. The Hall–Kier alpha value is -1.57. The van der Waals surface area contributed by atoms with E-state index in [2.05, 4.69) is 26.8 Å². The average Bonchev–Trinajstić information content (AvgIpc) is 3.12. The lowest BCUT2D eigenvalue weighted by Gasteiger charge is -2.22. The minimum atomic E-state index is 0.0407. The zero-order valence-corrected chi connectivity index (χ0v) is 16.9. The van der Waals surface area contributed by atoms with Crippen LogP contribution in [0, 0.1) is 6.92 Å². The first-order valence-corrected chi connectivity index (χ1v) is 10.3. The van der Waals surface area contributed by atoms with E-state index in [0.717, 1.165) is 56.8 Å². The van der Waals surface area contributed by atoms with Gasteiger partial charge in [-0.15, -0.1) is 11.3 Å². The number of amides is 2. The number of hydrogen-bond donors (Lipinski definition) is 1. The number of aromatic nitrogens is 2. The Kier molecular flexibility index (Phi) is 6.56. The van der Waals surface area contributed by atoms with Gasteiger partial charge in [-0.05, 0) is 31.2 Å². The van der Waals surface area contributed by atoms with Gasteiger partial charge >= 0.3 is 6.03 Å².